The van der Waals surface area contributed by atoms with E-state index in [0.29, 0.717) is 5.54 Å². The lowest BCUT2D eigenvalue weighted by Crippen LogP contribution is -2.51. The highest BCUT2D eigenvalue weighted by Crippen LogP contribution is 2.27. The van der Waals surface area contributed by atoms with Gasteiger partial charge in [-0.3, -0.25) is 5.84 Å². The Labute approximate surface area is 67.9 Å². The lowest BCUT2D eigenvalue weighted by molar-refractivity contribution is 0.240. The van der Waals surface area contributed by atoms with Gasteiger partial charge in [-0.15, -0.1) is 0 Å². The summed E-state index contributed by atoms with van der Waals surface area (Å²) in [5, 5.41) is 5.55. The molecule has 0 bridgehead atoms. The first-order chi connectivity index (χ1) is 5.31. The third-order valence-corrected chi connectivity index (χ3v) is 2.97. The van der Waals surface area contributed by atoms with Crippen molar-refractivity contribution in [3.63, 3.8) is 0 Å². The zero-order valence-electron chi connectivity index (χ0n) is 6.97. The van der Waals surface area contributed by atoms with Crippen LogP contribution in [-0.2, 0) is 0 Å². The lowest BCUT2D eigenvalue weighted by atomic mass is 9.88. The Morgan fingerprint density at radius 2 is 2.18 bits per heavy atom. The van der Waals surface area contributed by atoms with Crippen LogP contribution < -0.4 is 11.2 Å². The van der Waals surface area contributed by atoms with E-state index in [1.165, 1.54) is 32.2 Å². The van der Waals surface area contributed by atoms with Crippen LogP contribution in [0.3, 0.4) is 0 Å². The summed E-state index contributed by atoms with van der Waals surface area (Å²) in [4.78, 5) is 0. The van der Waals surface area contributed by atoms with E-state index in [-0.39, 0.29) is 0 Å². The molecule has 0 radical (unpaired) electrons. The van der Waals surface area contributed by atoms with Crippen molar-refractivity contribution in [3.05, 3.63) is 0 Å². The van der Waals surface area contributed by atoms with Crippen molar-refractivity contribution in [2.24, 2.45) is 5.84 Å². The molecular weight excluding hydrogens is 138 g/mol. The molecule has 2 heterocycles. The first-order valence-electron chi connectivity index (χ1n) is 4.55. The number of hydrogen-bond acceptors (Lipinski definition) is 3. The molecule has 0 aliphatic carbocycles. The minimum Gasteiger partial charge on any atom is -0.310 e. The van der Waals surface area contributed by atoms with Crippen molar-refractivity contribution in [2.45, 2.75) is 31.2 Å². The Kier molecular flexibility index (Phi) is 1.87. The van der Waals surface area contributed by atoms with Gasteiger partial charge in [-0.05, 0) is 25.8 Å². The van der Waals surface area contributed by atoms with E-state index in [0.717, 1.165) is 13.1 Å². The highest BCUT2D eigenvalue weighted by atomic mass is 15.4. The van der Waals surface area contributed by atoms with Gasteiger partial charge in [0.25, 0.3) is 0 Å². The molecule has 0 aromatic heterocycles. The Morgan fingerprint density at radius 3 is 2.73 bits per heavy atom. The van der Waals surface area contributed by atoms with Gasteiger partial charge < -0.3 is 5.32 Å². The van der Waals surface area contributed by atoms with Crippen molar-refractivity contribution in [1.82, 2.24) is 10.3 Å². The highest BCUT2D eigenvalue weighted by Gasteiger charge is 2.37. The van der Waals surface area contributed by atoms with Gasteiger partial charge in [-0.25, -0.2) is 5.01 Å². The quantitative estimate of drug-likeness (QED) is 0.487. The summed E-state index contributed by atoms with van der Waals surface area (Å²) < 4.78 is 0. The molecule has 1 spiro atoms. The molecule has 0 aromatic carbocycles. The van der Waals surface area contributed by atoms with Crippen molar-refractivity contribution in [3.8, 4) is 0 Å². The first-order valence-corrected chi connectivity index (χ1v) is 4.55. The van der Waals surface area contributed by atoms with Crippen LogP contribution in [0.25, 0.3) is 0 Å². The average Bonchev–Trinajstić information content (AvgIpc) is 2.34. The van der Waals surface area contributed by atoms with E-state index >= 15 is 0 Å². The molecule has 2 rings (SSSR count). The van der Waals surface area contributed by atoms with Crippen LogP contribution in [0.5, 0.6) is 0 Å². The number of nitrogens with zero attached hydrogens (tertiary/aromatic N) is 1. The Balaban J connectivity index is 1.98. The summed E-state index contributed by atoms with van der Waals surface area (Å²) in [6.07, 6.45) is 5.28. The number of hydrazine groups is 1. The third-order valence-electron chi connectivity index (χ3n) is 2.97. The van der Waals surface area contributed by atoms with Crippen LogP contribution in [0.4, 0.5) is 0 Å². The number of nitrogens with two attached hydrogens (primary N) is 1. The van der Waals surface area contributed by atoms with Gasteiger partial charge in [0.2, 0.25) is 0 Å². The number of rotatable bonds is 0. The van der Waals surface area contributed by atoms with Crippen LogP contribution in [0.1, 0.15) is 25.7 Å². The summed E-state index contributed by atoms with van der Waals surface area (Å²) in [5.41, 5.74) is 0.396. The van der Waals surface area contributed by atoms with Crippen LogP contribution in [-0.4, -0.2) is 30.2 Å². The molecule has 0 amide bonds. The maximum Gasteiger partial charge on any atom is 0.0335 e. The van der Waals surface area contributed by atoms with Gasteiger partial charge in [0.1, 0.15) is 0 Å². The van der Waals surface area contributed by atoms with Crippen molar-refractivity contribution in [2.75, 3.05) is 19.6 Å². The fourth-order valence-corrected chi connectivity index (χ4v) is 2.28. The van der Waals surface area contributed by atoms with Gasteiger partial charge in [-0.1, -0.05) is 6.42 Å². The molecule has 1 atom stereocenters. The number of hydrogen-bond donors (Lipinski definition) is 2. The van der Waals surface area contributed by atoms with E-state index in [2.05, 4.69) is 5.32 Å². The monoisotopic (exact) mass is 155 g/mol. The van der Waals surface area contributed by atoms with Crippen LogP contribution in [0, 0.1) is 0 Å². The Bertz CT molecular complexity index is 135. The van der Waals surface area contributed by atoms with E-state index in [1.54, 1.807) is 0 Å². The molecule has 3 nitrogen and oxygen atoms in total. The SMILES string of the molecule is NN1CCC2(CCCCN2)C1. The summed E-state index contributed by atoms with van der Waals surface area (Å²) in [6.45, 7) is 3.30. The first kappa shape index (κ1) is 7.53. The maximum atomic E-state index is 5.73. The normalized spacial score (nSPS) is 40.1. The van der Waals surface area contributed by atoms with Gasteiger partial charge in [0, 0.05) is 18.6 Å². The highest BCUT2D eigenvalue weighted by molar-refractivity contribution is 4.97. The van der Waals surface area contributed by atoms with Crippen molar-refractivity contribution < 1.29 is 0 Å². The molecule has 2 aliphatic rings. The Hall–Kier alpha value is -0.120. The second-order valence-corrected chi connectivity index (χ2v) is 3.88. The third kappa shape index (κ3) is 1.41. The molecule has 0 saturated carbocycles. The molecule has 1 unspecified atom stereocenters. The molecule has 3 heteroatoms. The van der Waals surface area contributed by atoms with Gasteiger partial charge in [0.05, 0.1) is 0 Å². The molecule has 2 fully saturated rings. The van der Waals surface area contributed by atoms with Crippen molar-refractivity contribution in [1.29, 1.82) is 0 Å². The fraction of sp³-hybridized carbons (Fsp3) is 1.00. The molecule has 2 saturated heterocycles. The smallest absolute Gasteiger partial charge is 0.0335 e. The van der Waals surface area contributed by atoms with E-state index in [4.69, 9.17) is 5.84 Å². The standard InChI is InChI=1S/C8H17N3/c9-11-6-4-8(7-11)3-1-2-5-10-8/h10H,1-7,9H2. The fourth-order valence-electron chi connectivity index (χ4n) is 2.28. The summed E-state index contributed by atoms with van der Waals surface area (Å²) >= 11 is 0. The predicted molar refractivity (Wildman–Crippen MR) is 45.0 cm³/mol. The largest absolute Gasteiger partial charge is 0.310 e. The zero-order chi connectivity index (χ0) is 7.73. The molecule has 64 valence electrons. The number of piperidine rings is 1. The van der Waals surface area contributed by atoms with Crippen LogP contribution in [0.15, 0.2) is 0 Å². The minimum atomic E-state index is 0.396. The molecule has 2 aliphatic heterocycles. The summed E-state index contributed by atoms with van der Waals surface area (Å²) in [5.74, 6) is 5.73. The average molecular weight is 155 g/mol. The maximum absolute atomic E-state index is 5.73. The van der Waals surface area contributed by atoms with Crippen molar-refractivity contribution >= 4 is 0 Å². The predicted octanol–water partition coefficient (Wildman–Crippen LogP) is 0.0781. The van der Waals surface area contributed by atoms with Gasteiger partial charge in [-0.2, -0.15) is 0 Å². The van der Waals surface area contributed by atoms with E-state index < -0.39 is 0 Å². The van der Waals surface area contributed by atoms with Crippen LogP contribution in [0.2, 0.25) is 0 Å². The molecular formula is C8H17N3. The molecule has 3 N–H and O–H groups in total. The van der Waals surface area contributed by atoms with E-state index in [9.17, 15) is 0 Å². The topological polar surface area (TPSA) is 41.3 Å². The van der Waals surface area contributed by atoms with E-state index in [1.807, 2.05) is 5.01 Å². The molecule has 11 heavy (non-hydrogen) atoms. The van der Waals surface area contributed by atoms with Crippen LogP contribution >= 0.6 is 0 Å². The second kappa shape index (κ2) is 2.73. The Morgan fingerprint density at radius 1 is 1.27 bits per heavy atom. The van der Waals surface area contributed by atoms with Gasteiger partial charge >= 0.3 is 0 Å². The number of nitrogens with one attached hydrogen (secondary N) is 1. The summed E-state index contributed by atoms with van der Waals surface area (Å²) in [6, 6.07) is 0. The van der Waals surface area contributed by atoms with Gasteiger partial charge in [0.15, 0.2) is 0 Å². The minimum absolute atomic E-state index is 0.396. The molecule has 0 aromatic rings. The lowest BCUT2D eigenvalue weighted by Gasteiger charge is -2.34. The summed E-state index contributed by atoms with van der Waals surface area (Å²) in [7, 11) is 0. The zero-order valence-corrected chi connectivity index (χ0v) is 6.97. The second-order valence-electron chi connectivity index (χ2n) is 3.88.